The first kappa shape index (κ1) is 25.2. The molecule has 4 heterocycles. The van der Waals surface area contributed by atoms with Crippen LogP contribution in [0.4, 0.5) is 23.2 Å². The maximum absolute atomic E-state index is 14.7. The molecule has 1 aliphatic rings. The molecule has 8 nitrogen and oxygen atoms in total. The number of carbonyl (C=O) groups excluding carboxylic acids is 1. The second-order valence-electron chi connectivity index (χ2n) is 8.95. The van der Waals surface area contributed by atoms with Crippen molar-refractivity contribution in [3.05, 3.63) is 52.5 Å². The molecule has 0 aliphatic carbocycles. The number of hydrogen-bond acceptors (Lipinski definition) is 7. The van der Waals surface area contributed by atoms with E-state index in [4.69, 9.17) is 4.42 Å². The number of benzene rings is 1. The van der Waals surface area contributed by atoms with Crippen LogP contribution >= 0.6 is 11.3 Å². The number of amides is 1. The van der Waals surface area contributed by atoms with Crippen LogP contribution in [0.25, 0.3) is 22.5 Å². The molecule has 13 heteroatoms. The minimum absolute atomic E-state index is 0.0497. The summed E-state index contributed by atoms with van der Waals surface area (Å²) >= 11 is 1.27. The summed E-state index contributed by atoms with van der Waals surface area (Å²) in [5, 5.41) is 15.9. The van der Waals surface area contributed by atoms with Crippen LogP contribution in [-0.2, 0) is 13.1 Å². The molecule has 1 fully saturated rings. The lowest BCUT2D eigenvalue weighted by molar-refractivity contribution is -0.139. The van der Waals surface area contributed by atoms with E-state index in [0.717, 1.165) is 4.57 Å². The maximum atomic E-state index is 14.7. The summed E-state index contributed by atoms with van der Waals surface area (Å²) in [6, 6.07) is 9.39. The molecule has 5 rings (SSSR count). The van der Waals surface area contributed by atoms with Gasteiger partial charge in [-0.1, -0.05) is 12.1 Å². The van der Waals surface area contributed by atoms with Gasteiger partial charge in [0.05, 0.1) is 23.0 Å². The van der Waals surface area contributed by atoms with Crippen LogP contribution in [0.3, 0.4) is 0 Å². The van der Waals surface area contributed by atoms with Gasteiger partial charge in [-0.05, 0) is 43.1 Å². The van der Waals surface area contributed by atoms with Crippen LogP contribution in [0.15, 0.2) is 46.2 Å². The SMILES string of the molecule is CN1CC[C@@H](Nc2cccc3c2cc(-c2nnc(CNC(=O)c4cccs4)o2)n3CC(F)(F)F)[C@@H](F)C1. The Morgan fingerprint density at radius 2 is 2.08 bits per heavy atom. The monoisotopic (exact) mass is 536 g/mol. The molecule has 1 aromatic carbocycles. The first-order chi connectivity index (χ1) is 17.7. The Morgan fingerprint density at radius 1 is 1.24 bits per heavy atom. The lowest BCUT2D eigenvalue weighted by atomic mass is 10.0. The number of likely N-dealkylation sites (tertiary alicyclic amines) is 1. The average molecular weight is 537 g/mol. The fraction of sp³-hybridized carbons (Fsp3) is 0.375. The third kappa shape index (κ3) is 5.62. The van der Waals surface area contributed by atoms with Crippen LogP contribution in [0.1, 0.15) is 22.0 Å². The molecule has 0 radical (unpaired) electrons. The van der Waals surface area contributed by atoms with E-state index >= 15 is 0 Å². The number of halogens is 4. The molecular formula is C24H24F4N6O2S. The van der Waals surface area contributed by atoms with Crippen molar-refractivity contribution in [2.24, 2.45) is 0 Å². The van der Waals surface area contributed by atoms with Crippen molar-refractivity contribution in [1.29, 1.82) is 0 Å². The van der Waals surface area contributed by atoms with Gasteiger partial charge in [0.25, 0.3) is 11.8 Å². The molecule has 2 atom stereocenters. The van der Waals surface area contributed by atoms with E-state index in [0.29, 0.717) is 34.4 Å². The zero-order valence-corrected chi connectivity index (χ0v) is 20.6. The lowest BCUT2D eigenvalue weighted by Crippen LogP contribution is -2.46. The molecule has 1 aliphatic heterocycles. The topological polar surface area (TPSA) is 88.2 Å². The van der Waals surface area contributed by atoms with E-state index in [2.05, 4.69) is 20.8 Å². The highest BCUT2D eigenvalue weighted by atomic mass is 32.1. The Kier molecular flexibility index (Phi) is 6.90. The molecular weight excluding hydrogens is 512 g/mol. The van der Waals surface area contributed by atoms with Gasteiger partial charge in [0.15, 0.2) is 0 Å². The molecule has 0 saturated carbocycles. The smallest absolute Gasteiger partial charge is 0.406 e. The number of thiophene rings is 1. The number of carbonyl (C=O) groups is 1. The summed E-state index contributed by atoms with van der Waals surface area (Å²) in [4.78, 5) is 14.6. The van der Waals surface area contributed by atoms with Crippen molar-refractivity contribution in [3.63, 3.8) is 0 Å². The number of alkyl halides is 4. The van der Waals surface area contributed by atoms with E-state index in [1.807, 2.05) is 11.9 Å². The summed E-state index contributed by atoms with van der Waals surface area (Å²) in [5.74, 6) is -0.389. The molecule has 0 spiro atoms. The van der Waals surface area contributed by atoms with Gasteiger partial charge < -0.3 is 24.5 Å². The number of nitrogens with one attached hydrogen (secondary N) is 2. The number of rotatable bonds is 7. The minimum atomic E-state index is -4.51. The number of nitrogens with zero attached hydrogens (tertiary/aromatic N) is 4. The van der Waals surface area contributed by atoms with Crippen molar-refractivity contribution in [1.82, 2.24) is 25.0 Å². The predicted molar refractivity (Wildman–Crippen MR) is 131 cm³/mol. The number of hydrogen-bond donors (Lipinski definition) is 2. The van der Waals surface area contributed by atoms with Gasteiger partial charge >= 0.3 is 6.18 Å². The van der Waals surface area contributed by atoms with Gasteiger partial charge in [0, 0.05) is 24.2 Å². The van der Waals surface area contributed by atoms with Crippen LogP contribution < -0.4 is 10.6 Å². The van der Waals surface area contributed by atoms with E-state index in [9.17, 15) is 22.4 Å². The molecule has 0 unspecified atom stereocenters. The van der Waals surface area contributed by atoms with E-state index in [1.165, 1.54) is 17.4 Å². The Morgan fingerprint density at radius 3 is 2.81 bits per heavy atom. The van der Waals surface area contributed by atoms with Crippen molar-refractivity contribution in [2.75, 3.05) is 25.5 Å². The Labute approximate surface area is 213 Å². The third-order valence-corrected chi connectivity index (χ3v) is 7.07. The van der Waals surface area contributed by atoms with Gasteiger partial charge in [-0.3, -0.25) is 4.79 Å². The van der Waals surface area contributed by atoms with Crippen LogP contribution in [0, 0.1) is 0 Å². The van der Waals surface area contributed by atoms with Crippen LogP contribution in [-0.4, -0.2) is 64.1 Å². The molecule has 4 aromatic rings. The quantitative estimate of drug-likeness (QED) is 0.333. The number of anilines is 1. The Hall–Kier alpha value is -3.45. The van der Waals surface area contributed by atoms with E-state index in [-0.39, 0.29) is 36.5 Å². The number of fused-ring (bicyclic) bond motifs is 1. The maximum Gasteiger partial charge on any atom is 0.406 e. The molecule has 0 bridgehead atoms. The minimum Gasteiger partial charge on any atom is -0.417 e. The highest BCUT2D eigenvalue weighted by molar-refractivity contribution is 7.12. The van der Waals surface area contributed by atoms with Crippen molar-refractivity contribution < 1.29 is 26.8 Å². The normalized spacial score (nSPS) is 18.8. The first-order valence-electron chi connectivity index (χ1n) is 11.6. The van der Waals surface area contributed by atoms with Gasteiger partial charge in [-0.2, -0.15) is 13.2 Å². The zero-order chi connectivity index (χ0) is 26.2. The van der Waals surface area contributed by atoms with Crippen molar-refractivity contribution >= 4 is 33.8 Å². The van der Waals surface area contributed by atoms with Crippen molar-refractivity contribution in [3.8, 4) is 11.6 Å². The second kappa shape index (κ2) is 10.1. The van der Waals surface area contributed by atoms with Gasteiger partial charge in [0.2, 0.25) is 5.89 Å². The molecule has 1 saturated heterocycles. The largest absolute Gasteiger partial charge is 0.417 e. The van der Waals surface area contributed by atoms with Crippen molar-refractivity contribution in [2.45, 2.75) is 37.9 Å². The predicted octanol–water partition coefficient (Wildman–Crippen LogP) is 4.70. The summed E-state index contributed by atoms with van der Waals surface area (Å²) in [6.45, 7) is -0.365. The Balaban J connectivity index is 1.45. The van der Waals surface area contributed by atoms with Gasteiger partial charge in [-0.15, -0.1) is 21.5 Å². The fourth-order valence-electron chi connectivity index (χ4n) is 4.44. The van der Waals surface area contributed by atoms with E-state index < -0.39 is 24.9 Å². The fourth-order valence-corrected chi connectivity index (χ4v) is 5.08. The highest BCUT2D eigenvalue weighted by Gasteiger charge is 2.32. The summed E-state index contributed by atoms with van der Waals surface area (Å²) in [6.07, 6.45) is -5.07. The molecule has 37 heavy (non-hydrogen) atoms. The summed E-state index contributed by atoms with van der Waals surface area (Å²) < 4.78 is 62.0. The average Bonchev–Trinajstić information content (AvgIpc) is 3.59. The second-order valence-corrected chi connectivity index (χ2v) is 9.90. The first-order valence-corrected chi connectivity index (χ1v) is 12.5. The number of piperidine rings is 1. The highest BCUT2D eigenvalue weighted by Crippen LogP contribution is 2.35. The van der Waals surface area contributed by atoms with Crippen LogP contribution in [0.5, 0.6) is 0 Å². The van der Waals surface area contributed by atoms with Crippen LogP contribution in [0.2, 0.25) is 0 Å². The number of aromatic nitrogens is 3. The van der Waals surface area contributed by atoms with Gasteiger partial charge in [-0.25, -0.2) is 4.39 Å². The molecule has 2 N–H and O–H groups in total. The Bertz CT molecular complexity index is 1380. The van der Waals surface area contributed by atoms with Gasteiger partial charge in [0.1, 0.15) is 18.4 Å². The summed E-state index contributed by atoms with van der Waals surface area (Å²) in [7, 11) is 1.85. The summed E-state index contributed by atoms with van der Waals surface area (Å²) in [5.41, 5.74) is 0.899. The third-order valence-electron chi connectivity index (χ3n) is 6.20. The molecule has 1 amide bonds. The van der Waals surface area contributed by atoms with E-state index in [1.54, 1.807) is 35.7 Å². The zero-order valence-electron chi connectivity index (χ0n) is 19.8. The standard InChI is InChI=1S/C24H24F4N6O2S/c1-33-8-7-17(15(25)12-33)30-16-4-2-5-18-14(16)10-19(34(18)13-24(26,27)28)23-32-31-21(36-23)11-29-22(35)20-6-3-9-37-20/h2-6,9-10,15,17,30H,7-8,11-13H2,1H3,(H,29,35)/t15-,17+/m0/s1. The molecule has 3 aromatic heterocycles. The molecule has 196 valence electrons. The lowest BCUT2D eigenvalue weighted by Gasteiger charge is -2.33.